The maximum Gasteiger partial charge on any atom is 0.338 e. The van der Waals surface area contributed by atoms with Gasteiger partial charge in [-0.3, -0.25) is 14.2 Å². The molecular weight excluding hydrogens is 438 g/mol. The van der Waals surface area contributed by atoms with E-state index in [9.17, 15) is 19.2 Å². The Labute approximate surface area is 193 Å². The second kappa shape index (κ2) is 9.14. The first-order valence-electron chi connectivity index (χ1n) is 10.3. The van der Waals surface area contributed by atoms with Crippen LogP contribution in [0.15, 0.2) is 64.2 Å². The molecule has 0 radical (unpaired) electrons. The van der Waals surface area contributed by atoms with Crippen molar-refractivity contribution in [2.45, 2.75) is 13.5 Å². The monoisotopic (exact) mass is 459 g/mol. The molecule has 4 aromatic rings. The summed E-state index contributed by atoms with van der Waals surface area (Å²) in [7, 11) is 2.67. The number of hydrogen-bond acceptors (Lipinski definition) is 7. The molecule has 4 rings (SSSR count). The van der Waals surface area contributed by atoms with Gasteiger partial charge in [0.05, 0.1) is 37.4 Å². The van der Waals surface area contributed by atoms with E-state index in [4.69, 9.17) is 9.47 Å². The van der Waals surface area contributed by atoms with Crippen LogP contribution in [0.2, 0.25) is 0 Å². The minimum Gasteiger partial charge on any atom is -0.496 e. The molecule has 2 heterocycles. The van der Waals surface area contributed by atoms with Gasteiger partial charge in [0, 0.05) is 16.8 Å². The zero-order chi connectivity index (χ0) is 24.4. The highest BCUT2D eigenvalue weighted by Crippen LogP contribution is 2.22. The number of rotatable bonds is 6. The summed E-state index contributed by atoms with van der Waals surface area (Å²) in [6, 6.07) is 14.8. The molecule has 2 aromatic heterocycles. The summed E-state index contributed by atoms with van der Waals surface area (Å²) in [6.45, 7) is 1.47. The molecule has 172 valence electrons. The van der Waals surface area contributed by atoms with Crippen molar-refractivity contribution >= 4 is 23.3 Å². The molecule has 0 aliphatic heterocycles. The number of hydrogen-bond donors (Lipinski definition) is 0. The normalized spacial score (nSPS) is 10.8. The third-order valence-electron chi connectivity index (χ3n) is 5.41. The summed E-state index contributed by atoms with van der Waals surface area (Å²) in [6.07, 6.45) is 0.663. The summed E-state index contributed by atoms with van der Waals surface area (Å²) in [5.74, 6) is -0.323. The molecule has 0 fully saturated rings. The summed E-state index contributed by atoms with van der Waals surface area (Å²) in [4.78, 5) is 55.6. The number of methoxy groups -OCH3 is 2. The van der Waals surface area contributed by atoms with E-state index in [0.29, 0.717) is 34.5 Å². The molecule has 0 amide bonds. The summed E-state index contributed by atoms with van der Waals surface area (Å²) < 4.78 is 12.5. The zero-order valence-electron chi connectivity index (χ0n) is 18.8. The lowest BCUT2D eigenvalue weighted by Gasteiger charge is -2.16. The first-order chi connectivity index (χ1) is 16.4. The van der Waals surface area contributed by atoms with E-state index in [1.54, 1.807) is 55.5 Å². The largest absolute Gasteiger partial charge is 0.496 e. The molecule has 0 unspecified atom stereocenters. The average Bonchev–Trinajstić information content (AvgIpc) is 2.86. The molecule has 0 saturated heterocycles. The summed E-state index contributed by atoms with van der Waals surface area (Å²) in [5.41, 5.74) is 0.400. The predicted molar refractivity (Wildman–Crippen MR) is 125 cm³/mol. The van der Waals surface area contributed by atoms with E-state index >= 15 is 0 Å². The SMILES string of the molecule is COC(=O)c1cc(C)nc2c1c(=O)n(Cc1cc(C=O)ccc1OC)c(=O)n2-c1ccccc1. The number of ether oxygens (including phenoxy) is 2. The molecule has 0 saturated carbocycles. The number of nitrogens with zero attached hydrogens (tertiary/aromatic N) is 3. The lowest BCUT2D eigenvalue weighted by atomic mass is 10.1. The predicted octanol–water partition coefficient (Wildman–Crippen LogP) is 2.51. The molecule has 9 heteroatoms. The Morgan fingerprint density at radius 3 is 2.44 bits per heavy atom. The maximum absolute atomic E-state index is 13.7. The van der Waals surface area contributed by atoms with Crippen molar-refractivity contribution in [3.63, 3.8) is 0 Å². The van der Waals surface area contributed by atoms with Crippen LogP contribution in [-0.4, -0.2) is 40.6 Å². The molecule has 9 nitrogen and oxygen atoms in total. The number of carbonyl (C=O) groups excluding carboxylic acids is 2. The van der Waals surface area contributed by atoms with Gasteiger partial charge in [-0.15, -0.1) is 0 Å². The molecule has 2 aromatic carbocycles. The van der Waals surface area contributed by atoms with Crippen LogP contribution in [-0.2, 0) is 11.3 Å². The Morgan fingerprint density at radius 2 is 1.79 bits per heavy atom. The minimum atomic E-state index is -0.724. The quantitative estimate of drug-likeness (QED) is 0.322. The Morgan fingerprint density at radius 1 is 1.06 bits per heavy atom. The molecule has 0 bridgehead atoms. The van der Waals surface area contributed by atoms with Gasteiger partial charge in [0.1, 0.15) is 12.0 Å². The minimum absolute atomic E-state index is 0.00189. The fourth-order valence-corrected chi connectivity index (χ4v) is 3.85. The Kier molecular flexibility index (Phi) is 6.09. The molecule has 0 spiro atoms. The van der Waals surface area contributed by atoms with Gasteiger partial charge in [-0.1, -0.05) is 18.2 Å². The highest BCUT2D eigenvalue weighted by Gasteiger charge is 2.23. The van der Waals surface area contributed by atoms with Crippen molar-refractivity contribution in [3.8, 4) is 11.4 Å². The lowest BCUT2D eigenvalue weighted by Crippen LogP contribution is -2.41. The molecule has 0 atom stereocenters. The topological polar surface area (TPSA) is 109 Å². The summed E-state index contributed by atoms with van der Waals surface area (Å²) in [5, 5.41) is -0.0496. The van der Waals surface area contributed by atoms with Crippen molar-refractivity contribution in [2.75, 3.05) is 14.2 Å². The Balaban J connectivity index is 2.13. The lowest BCUT2D eigenvalue weighted by molar-refractivity contribution is 0.0602. The van der Waals surface area contributed by atoms with E-state index in [2.05, 4.69) is 4.98 Å². The van der Waals surface area contributed by atoms with Crippen molar-refractivity contribution in [1.29, 1.82) is 0 Å². The Hall–Kier alpha value is -4.53. The number of aryl methyl sites for hydroxylation is 1. The first kappa shape index (κ1) is 22.7. The van der Waals surface area contributed by atoms with Gasteiger partial charge >= 0.3 is 11.7 Å². The van der Waals surface area contributed by atoms with Crippen molar-refractivity contribution in [3.05, 3.63) is 97.8 Å². The fourth-order valence-electron chi connectivity index (χ4n) is 3.85. The maximum atomic E-state index is 13.7. The highest BCUT2D eigenvalue weighted by atomic mass is 16.5. The fraction of sp³-hybridized carbons (Fsp3) is 0.160. The molecule has 0 N–H and O–H groups in total. The van der Waals surface area contributed by atoms with Gasteiger partial charge in [-0.25, -0.2) is 19.1 Å². The van der Waals surface area contributed by atoms with Gasteiger partial charge in [0.15, 0.2) is 5.65 Å². The van der Waals surface area contributed by atoms with Crippen LogP contribution in [0.1, 0.15) is 32.0 Å². The van der Waals surface area contributed by atoms with Gasteiger partial charge in [0.25, 0.3) is 5.56 Å². The third-order valence-corrected chi connectivity index (χ3v) is 5.41. The number of esters is 1. The number of para-hydroxylation sites is 1. The number of aldehydes is 1. The van der Waals surface area contributed by atoms with E-state index in [-0.39, 0.29) is 23.1 Å². The van der Waals surface area contributed by atoms with Gasteiger partial charge < -0.3 is 9.47 Å². The number of fused-ring (bicyclic) bond motifs is 1. The van der Waals surface area contributed by atoms with Crippen LogP contribution in [0.3, 0.4) is 0 Å². The van der Waals surface area contributed by atoms with Gasteiger partial charge in [-0.2, -0.15) is 0 Å². The third kappa shape index (κ3) is 3.88. The van der Waals surface area contributed by atoms with Crippen molar-refractivity contribution in [2.24, 2.45) is 0 Å². The van der Waals surface area contributed by atoms with Gasteiger partial charge in [0.2, 0.25) is 0 Å². The number of carbonyl (C=O) groups is 2. The van der Waals surface area contributed by atoms with E-state index in [1.165, 1.54) is 24.9 Å². The molecular formula is C25H21N3O6. The second-order valence-corrected chi connectivity index (χ2v) is 7.54. The van der Waals surface area contributed by atoms with Crippen molar-refractivity contribution in [1.82, 2.24) is 14.1 Å². The number of pyridine rings is 1. The van der Waals surface area contributed by atoms with Crippen LogP contribution in [0.25, 0.3) is 16.7 Å². The van der Waals surface area contributed by atoms with Crippen LogP contribution < -0.4 is 16.0 Å². The highest BCUT2D eigenvalue weighted by molar-refractivity contribution is 6.02. The Bertz CT molecular complexity index is 1540. The van der Waals surface area contributed by atoms with Crippen LogP contribution in [0.4, 0.5) is 0 Å². The number of benzene rings is 2. The van der Waals surface area contributed by atoms with Crippen LogP contribution in [0.5, 0.6) is 5.75 Å². The van der Waals surface area contributed by atoms with E-state index < -0.39 is 17.2 Å². The second-order valence-electron chi connectivity index (χ2n) is 7.54. The molecule has 0 aliphatic carbocycles. The van der Waals surface area contributed by atoms with E-state index in [0.717, 1.165) is 4.57 Å². The van der Waals surface area contributed by atoms with E-state index in [1.807, 2.05) is 0 Å². The van der Waals surface area contributed by atoms with Crippen LogP contribution >= 0.6 is 0 Å². The summed E-state index contributed by atoms with van der Waals surface area (Å²) >= 11 is 0. The standard InChI is InChI=1S/C25H21N3O6/c1-15-11-19(24(31)34-3)21-22(26-15)28(18-7-5-4-6-8-18)25(32)27(23(21)30)13-17-12-16(14-29)9-10-20(17)33-2/h4-12,14H,13H2,1-3H3. The zero-order valence-corrected chi connectivity index (χ0v) is 18.8. The van der Waals surface area contributed by atoms with Crippen molar-refractivity contribution < 1.29 is 19.1 Å². The average molecular weight is 459 g/mol. The number of aromatic nitrogens is 3. The van der Waals surface area contributed by atoms with Crippen LogP contribution in [0, 0.1) is 6.92 Å². The smallest absolute Gasteiger partial charge is 0.338 e. The molecule has 34 heavy (non-hydrogen) atoms. The molecule has 0 aliphatic rings. The van der Waals surface area contributed by atoms with Gasteiger partial charge in [-0.05, 0) is 43.3 Å². The first-order valence-corrected chi connectivity index (χ1v) is 10.3.